The SMILES string of the molecule is CCCC1CCCCC(C(=O)O)CCC1. The van der Waals surface area contributed by atoms with Crippen LogP contribution in [0.1, 0.15) is 64.7 Å². The third kappa shape index (κ3) is 4.67. The molecule has 2 unspecified atom stereocenters. The highest BCUT2D eigenvalue weighted by molar-refractivity contribution is 5.69. The summed E-state index contributed by atoms with van der Waals surface area (Å²) in [5.74, 6) is 0.219. The number of rotatable bonds is 3. The van der Waals surface area contributed by atoms with Crippen molar-refractivity contribution in [3.8, 4) is 0 Å². The normalized spacial score (nSPS) is 28.9. The van der Waals surface area contributed by atoms with Gasteiger partial charge in [0, 0.05) is 0 Å². The summed E-state index contributed by atoms with van der Waals surface area (Å²) in [7, 11) is 0. The van der Waals surface area contributed by atoms with Crippen molar-refractivity contribution in [3.05, 3.63) is 0 Å². The van der Waals surface area contributed by atoms with Crippen molar-refractivity contribution in [2.75, 3.05) is 0 Å². The molecule has 0 radical (unpaired) electrons. The fourth-order valence-corrected chi connectivity index (χ4v) is 2.71. The van der Waals surface area contributed by atoms with E-state index >= 15 is 0 Å². The van der Waals surface area contributed by atoms with Gasteiger partial charge >= 0.3 is 5.97 Å². The van der Waals surface area contributed by atoms with Crippen LogP contribution in [0.3, 0.4) is 0 Å². The van der Waals surface area contributed by atoms with E-state index in [2.05, 4.69) is 6.92 Å². The van der Waals surface area contributed by atoms with Crippen LogP contribution in [-0.2, 0) is 4.79 Å². The first-order valence-corrected chi connectivity index (χ1v) is 6.46. The summed E-state index contributed by atoms with van der Waals surface area (Å²) in [6, 6.07) is 0. The fourth-order valence-electron chi connectivity index (χ4n) is 2.71. The van der Waals surface area contributed by atoms with Gasteiger partial charge in [0.1, 0.15) is 0 Å². The number of carbonyl (C=O) groups is 1. The molecule has 1 aliphatic rings. The second-order valence-corrected chi connectivity index (χ2v) is 4.91. The lowest BCUT2D eigenvalue weighted by Gasteiger charge is -2.14. The van der Waals surface area contributed by atoms with Gasteiger partial charge in [-0.1, -0.05) is 51.9 Å². The van der Waals surface area contributed by atoms with Gasteiger partial charge in [0.2, 0.25) is 0 Å². The quantitative estimate of drug-likeness (QED) is 0.771. The topological polar surface area (TPSA) is 37.3 Å². The molecule has 0 aromatic heterocycles. The Hall–Kier alpha value is -0.530. The number of hydrogen-bond acceptors (Lipinski definition) is 1. The number of aliphatic carboxylic acids is 1. The van der Waals surface area contributed by atoms with Gasteiger partial charge in [-0.25, -0.2) is 0 Å². The first-order chi connectivity index (χ1) is 7.24. The largest absolute Gasteiger partial charge is 0.481 e. The molecule has 0 heterocycles. The molecule has 0 saturated heterocycles. The maximum atomic E-state index is 10.9. The zero-order valence-corrected chi connectivity index (χ0v) is 9.87. The molecule has 0 bridgehead atoms. The van der Waals surface area contributed by atoms with E-state index < -0.39 is 5.97 Å². The molecule has 2 heteroatoms. The van der Waals surface area contributed by atoms with Gasteiger partial charge in [0.05, 0.1) is 5.92 Å². The summed E-state index contributed by atoms with van der Waals surface area (Å²) < 4.78 is 0. The van der Waals surface area contributed by atoms with Crippen LogP contribution in [0, 0.1) is 11.8 Å². The lowest BCUT2D eigenvalue weighted by atomic mass is 9.92. The molecule has 15 heavy (non-hydrogen) atoms. The van der Waals surface area contributed by atoms with E-state index in [1.165, 1.54) is 32.1 Å². The van der Waals surface area contributed by atoms with Gasteiger partial charge in [0.25, 0.3) is 0 Å². The predicted molar refractivity (Wildman–Crippen MR) is 61.8 cm³/mol. The zero-order valence-electron chi connectivity index (χ0n) is 9.87. The standard InChI is InChI=1S/C13H24O2/c1-2-6-11-7-3-4-9-12(13(14)15)10-5-8-11/h11-12H,2-10H2,1H3,(H,14,15). The van der Waals surface area contributed by atoms with Crippen molar-refractivity contribution in [1.82, 2.24) is 0 Å². The smallest absolute Gasteiger partial charge is 0.306 e. The van der Waals surface area contributed by atoms with Gasteiger partial charge in [0.15, 0.2) is 0 Å². The van der Waals surface area contributed by atoms with Crippen molar-refractivity contribution < 1.29 is 9.90 Å². The zero-order chi connectivity index (χ0) is 11.1. The average molecular weight is 212 g/mol. The Balaban J connectivity index is 2.37. The van der Waals surface area contributed by atoms with Crippen LogP contribution in [0.15, 0.2) is 0 Å². The van der Waals surface area contributed by atoms with Crippen molar-refractivity contribution in [3.63, 3.8) is 0 Å². The first-order valence-electron chi connectivity index (χ1n) is 6.46. The molecule has 1 aliphatic carbocycles. The highest BCUT2D eigenvalue weighted by atomic mass is 16.4. The Labute approximate surface area is 93.1 Å². The second-order valence-electron chi connectivity index (χ2n) is 4.91. The first kappa shape index (κ1) is 12.5. The van der Waals surface area contributed by atoms with Crippen LogP contribution in [0.2, 0.25) is 0 Å². The molecule has 2 atom stereocenters. The van der Waals surface area contributed by atoms with Crippen molar-refractivity contribution in [2.24, 2.45) is 11.8 Å². The van der Waals surface area contributed by atoms with E-state index in [0.29, 0.717) is 0 Å². The molecule has 88 valence electrons. The summed E-state index contributed by atoms with van der Waals surface area (Å²) in [6.07, 6.45) is 10.4. The fraction of sp³-hybridized carbons (Fsp3) is 0.923. The molecular formula is C13H24O2. The lowest BCUT2D eigenvalue weighted by molar-refractivity contribution is -0.142. The molecule has 1 N–H and O–H groups in total. The molecule has 0 aliphatic heterocycles. The van der Waals surface area contributed by atoms with E-state index in [9.17, 15) is 4.79 Å². The van der Waals surface area contributed by atoms with Crippen LogP contribution < -0.4 is 0 Å². The van der Waals surface area contributed by atoms with E-state index in [-0.39, 0.29) is 5.92 Å². The number of carboxylic acids is 1. The Morgan fingerprint density at radius 3 is 2.40 bits per heavy atom. The molecule has 1 fully saturated rings. The van der Waals surface area contributed by atoms with Crippen molar-refractivity contribution in [2.45, 2.75) is 64.7 Å². The van der Waals surface area contributed by atoms with E-state index in [1.807, 2.05) is 0 Å². The van der Waals surface area contributed by atoms with E-state index in [0.717, 1.165) is 31.6 Å². The minimum Gasteiger partial charge on any atom is -0.481 e. The maximum Gasteiger partial charge on any atom is 0.306 e. The Bertz CT molecular complexity index is 189. The van der Waals surface area contributed by atoms with Crippen LogP contribution in [0.25, 0.3) is 0 Å². The van der Waals surface area contributed by atoms with Gasteiger partial charge in [-0.15, -0.1) is 0 Å². The third-order valence-corrected chi connectivity index (χ3v) is 3.63. The van der Waals surface area contributed by atoms with Gasteiger partial charge in [-0.2, -0.15) is 0 Å². The van der Waals surface area contributed by atoms with Crippen LogP contribution >= 0.6 is 0 Å². The summed E-state index contributed by atoms with van der Waals surface area (Å²) >= 11 is 0. The van der Waals surface area contributed by atoms with Gasteiger partial charge in [-0.05, 0) is 18.8 Å². The summed E-state index contributed by atoms with van der Waals surface area (Å²) in [5, 5.41) is 9.02. The molecule has 1 saturated carbocycles. The van der Waals surface area contributed by atoms with Gasteiger partial charge < -0.3 is 5.11 Å². The highest BCUT2D eigenvalue weighted by Gasteiger charge is 2.19. The van der Waals surface area contributed by atoms with Crippen LogP contribution in [0.5, 0.6) is 0 Å². The minimum atomic E-state index is -0.580. The van der Waals surface area contributed by atoms with Gasteiger partial charge in [-0.3, -0.25) is 4.79 Å². The van der Waals surface area contributed by atoms with E-state index in [1.54, 1.807) is 0 Å². The summed E-state index contributed by atoms with van der Waals surface area (Å²) in [5.41, 5.74) is 0. The number of carboxylic acid groups (broad SMARTS) is 1. The molecule has 1 rings (SSSR count). The van der Waals surface area contributed by atoms with Crippen molar-refractivity contribution in [1.29, 1.82) is 0 Å². The van der Waals surface area contributed by atoms with E-state index in [4.69, 9.17) is 5.11 Å². The Morgan fingerprint density at radius 1 is 1.13 bits per heavy atom. The van der Waals surface area contributed by atoms with Crippen molar-refractivity contribution >= 4 is 5.97 Å². The highest BCUT2D eigenvalue weighted by Crippen LogP contribution is 2.27. The minimum absolute atomic E-state index is 0.0645. The monoisotopic (exact) mass is 212 g/mol. The maximum absolute atomic E-state index is 10.9. The average Bonchev–Trinajstić information content (AvgIpc) is 2.30. The second kappa shape index (κ2) is 6.86. The molecule has 0 aromatic carbocycles. The Kier molecular flexibility index (Phi) is 5.74. The third-order valence-electron chi connectivity index (χ3n) is 3.63. The van der Waals surface area contributed by atoms with Crippen LogP contribution in [0.4, 0.5) is 0 Å². The summed E-state index contributed by atoms with van der Waals surface area (Å²) in [4.78, 5) is 10.9. The Morgan fingerprint density at radius 2 is 1.73 bits per heavy atom. The molecule has 0 spiro atoms. The molecular weight excluding hydrogens is 188 g/mol. The van der Waals surface area contributed by atoms with Crippen LogP contribution in [-0.4, -0.2) is 11.1 Å². The lowest BCUT2D eigenvalue weighted by Crippen LogP contribution is -2.13. The molecule has 0 aromatic rings. The summed E-state index contributed by atoms with van der Waals surface area (Å²) in [6.45, 7) is 2.24. The molecule has 0 amide bonds. The molecule has 2 nitrogen and oxygen atoms in total. The predicted octanol–water partition coefficient (Wildman–Crippen LogP) is 3.85. The number of hydrogen-bond donors (Lipinski definition) is 1.